The van der Waals surface area contributed by atoms with E-state index in [1.54, 1.807) is 11.9 Å². The molecule has 2 aromatic rings. The van der Waals surface area contributed by atoms with Gasteiger partial charge in [-0.1, -0.05) is 30.3 Å². The van der Waals surface area contributed by atoms with Gasteiger partial charge >= 0.3 is 0 Å². The molecule has 5 nitrogen and oxygen atoms in total. The van der Waals surface area contributed by atoms with E-state index in [4.69, 9.17) is 0 Å². The smallest absolute Gasteiger partial charge is 0.267 e. The Bertz CT molecular complexity index is 753. The minimum absolute atomic E-state index is 0.0150. The summed E-state index contributed by atoms with van der Waals surface area (Å²) in [5.74, 6) is 0.0150. The fraction of sp³-hybridized carbons (Fsp3) is 0.389. The molecule has 0 saturated heterocycles. The molecule has 0 spiro atoms. The summed E-state index contributed by atoms with van der Waals surface area (Å²) in [6.45, 7) is 0.575. The minimum atomic E-state index is -0.103. The Morgan fingerprint density at radius 2 is 1.87 bits per heavy atom. The molecule has 5 heteroatoms. The van der Waals surface area contributed by atoms with Crippen LogP contribution in [0, 0.1) is 0 Å². The van der Waals surface area contributed by atoms with Gasteiger partial charge in [0.15, 0.2) is 0 Å². The third-order valence-corrected chi connectivity index (χ3v) is 4.39. The van der Waals surface area contributed by atoms with E-state index in [2.05, 4.69) is 10.2 Å². The number of carbonyl (C=O) groups excluding carboxylic acids is 1. The summed E-state index contributed by atoms with van der Waals surface area (Å²) in [6.07, 6.45) is 3.95. The highest BCUT2D eigenvalue weighted by molar-refractivity contribution is 5.78. The minimum Gasteiger partial charge on any atom is -0.341 e. The van der Waals surface area contributed by atoms with Crippen LogP contribution in [-0.2, 0) is 30.6 Å². The number of nitrogens with zero attached hydrogens (tertiary/aromatic N) is 2. The number of benzene rings is 1. The van der Waals surface area contributed by atoms with Crippen LogP contribution in [0.2, 0.25) is 0 Å². The second-order valence-corrected chi connectivity index (χ2v) is 6.08. The first-order valence-corrected chi connectivity index (χ1v) is 8.02. The quantitative estimate of drug-likeness (QED) is 0.937. The number of hydrogen-bond acceptors (Lipinski definition) is 3. The zero-order valence-electron chi connectivity index (χ0n) is 13.3. The largest absolute Gasteiger partial charge is 0.341 e. The van der Waals surface area contributed by atoms with Crippen LogP contribution < -0.4 is 5.56 Å². The Balaban J connectivity index is 1.74. The third-order valence-electron chi connectivity index (χ3n) is 4.39. The fourth-order valence-corrected chi connectivity index (χ4v) is 3.10. The van der Waals surface area contributed by atoms with Crippen LogP contribution >= 0.6 is 0 Å². The number of aromatic amines is 1. The van der Waals surface area contributed by atoms with Gasteiger partial charge in [-0.15, -0.1) is 0 Å². The van der Waals surface area contributed by atoms with Crippen LogP contribution in [0.25, 0.3) is 0 Å². The number of carbonyl (C=O) groups is 1. The average molecular weight is 311 g/mol. The summed E-state index contributed by atoms with van der Waals surface area (Å²) >= 11 is 0. The molecule has 120 valence electrons. The van der Waals surface area contributed by atoms with Crippen molar-refractivity contribution in [2.24, 2.45) is 0 Å². The molecule has 0 unspecified atom stereocenters. The van der Waals surface area contributed by atoms with E-state index in [0.29, 0.717) is 6.54 Å². The molecule has 0 bridgehead atoms. The molecule has 1 heterocycles. The Kier molecular flexibility index (Phi) is 4.55. The summed E-state index contributed by atoms with van der Waals surface area (Å²) in [5, 5.41) is 6.68. The van der Waals surface area contributed by atoms with Crippen molar-refractivity contribution in [2.45, 2.75) is 38.6 Å². The molecule has 1 amide bonds. The molecule has 23 heavy (non-hydrogen) atoms. The van der Waals surface area contributed by atoms with Crippen molar-refractivity contribution in [3.05, 3.63) is 63.1 Å². The number of nitrogens with one attached hydrogen (secondary N) is 1. The van der Waals surface area contributed by atoms with Gasteiger partial charge in [-0.25, -0.2) is 5.10 Å². The van der Waals surface area contributed by atoms with Gasteiger partial charge in [0.2, 0.25) is 5.91 Å². The lowest BCUT2D eigenvalue weighted by molar-refractivity contribution is -0.129. The molecule has 1 aromatic carbocycles. The summed E-state index contributed by atoms with van der Waals surface area (Å²) in [4.78, 5) is 26.1. The second-order valence-electron chi connectivity index (χ2n) is 6.08. The van der Waals surface area contributed by atoms with Gasteiger partial charge < -0.3 is 4.90 Å². The van der Waals surface area contributed by atoms with E-state index in [1.165, 1.54) is 0 Å². The highest BCUT2D eigenvalue weighted by Gasteiger charge is 2.20. The van der Waals surface area contributed by atoms with Crippen LogP contribution in [0.15, 0.2) is 35.1 Å². The Morgan fingerprint density at radius 3 is 2.61 bits per heavy atom. The molecule has 0 radical (unpaired) electrons. The van der Waals surface area contributed by atoms with Crippen LogP contribution in [0.3, 0.4) is 0 Å². The molecule has 0 fully saturated rings. The SMILES string of the molecule is CN(Cc1ccccc1)C(=O)Cc1n[nH]c(=O)c2c1CCCC2. The van der Waals surface area contributed by atoms with E-state index >= 15 is 0 Å². The van der Waals surface area contributed by atoms with Crippen LogP contribution in [-0.4, -0.2) is 28.1 Å². The molecule has 1 aromatic heterocycles. The van der Waals surface area contributed by atoms with Crippen LogP contribution in [0.4, 0.5) is 0 Å². The Hall–Kier alpha value is -2.43. The van der Waals surface area contributed by atoms with Gasteiger partial charge in [-0.3, -0.25) is 9.59 Å². The van der Waals surface area contributed by atoms with Gasteiger partial charge in [-0.05, 0) is 36.8 Å². The molecule has 0 aliphatic heterocycles. The van der Waals surface area contributed by atoms with Crippen molar-refractivity contribution in [2.75, 3.05) is 7.05 Å². The standard InChI is InChI=1S/C18H21N3O2/c1-21(12-13-7-3-2-4-8-13)17(22)11-16-14-9-5-6-10-15(14)18(23)20-19-16/h2-4,7-8H,5-6,9-12H2,1H3,(H,20,23). The number of rotatable bonds is 4. The molecule has 1 N–H and O–H groups in total. The van der Waals surface area contributed by atoms with Gasteiger partial charge in [0.1, 0.15) is 0 Å². The number of H-pyrrole nitrogens is 1. The van der Waals surface area contributed by atoms with Crippen molar-refractivity contribution in [1.82, 2.24) is 15.1 Å². The van der Waals surface area contributed by atoms with E-state index in [9.17, 15) is 9.59 Å². The first-order valence-electron chi connectivity index (χ1n) is 8.02. The number of hydrogen-bond donors (Lipinski definition) is 1. The van der Waals surface area contributed by atoms with Crippen molar-refractivity contribution >= 4 is 5.91 Å². The first kappa shape index (κ1) is 15.5. The predicted octanol–water partition coefficient (Wildman–Crippen LogP) is 1.85. The number of fused-ring (bicyclic) bond motifs is 1. The third kappa shape index (κ3) is 3.50. The van der Waals surface area contributed by atoms with Crippen LogP contribution in [0.1, 0.15) is 35.2 Å². The zero-order chi connectivity index (χ0) is 16.2. The number of likely N-dealkylation sites (N-methyl/N-ethyl adjacent to an activating group) is 1. The lowest BCUT2D eigenvalue weighted by atomic mass is 9.91. The van der Waals surface area contributed by atoms with Gasteiger partial charge in [-0.2, -0.15) is 5.10 Å². The molecular formula is C18H21N3O2. The maximum absolute atomic E-state index is 12.5. The second kappa shape index (κ2) is 6.77. The zero-order valence-corrected chi connectivity index (χ0v) is 13.3. The van der Waals surface area contributed by atoms with E-state index in [1.807, 2.05) is 30.3 Å². The lowest BCUT2D eigenvalue weighted by Crippen LogP contribution is -2.30. The van der Waals surface area contributed by atoms with E-state index in [-0.39, 0.29) is 17.9 Å². The molecular weight excluding hydrogens is 290 g/mol. The average Bonchev–Trinajstić information content (AvgIpc) is 2.58. The molecule has 1 aliphatic carbocycles. The van der Waals surface area contributed by atoms with E-state index < -0.39 is 0 Å². The maximum Gasteiger partial charge on any atom is 0.267 e. The van der Waals surface area contributed by atoms with Crippen LogP contribution in [0.5, 0.6) is 0 Å². The maximum atomic E-state index is 12.5. The monoisotopic (exact) mass is 311 g/mol. The number of amides is 1. The Morgan fingerprint density at radius 1 is 1.17 bits per heavy atom. The van der Waals surface area contributed by atoms with Crippen molar-refractivity contribution in [1.29, 1.82) is 0 Å². The molecule has 3 rings (SSSR count). The topological polar surface area (TPSA) is 66.1 Å². The summed E-state index contributed by atoms with van der Waals surface area (Å²) < 4.78 is 0. The Labute approximate surface area is 135 Å². The lowest BCUT2D eigenvalue weighted by Gasteiger charge is -2.20. The van der Waals surface area contributed by atoms with Gasteiger partial charge in [0.05, 0.1) is 12.1 Å². The first-order chi connectivity index (χ1) is 11.1. The van der Waals surface area contributed by atoms with Gasteiger partial charge in [0, 0.05) is 19.2 Å². The fourth-order valence-electron chi connectivity index (χ4n) is 3.10. The van der Waals surface area contributed by atoms with E-state index in [0.717, 1.165) is 48.1 Å². The predicted molar refractivity (Wildman–Crippen MR) is 88.1 cm³/mol. The molecule has 0 saturated carbocycles. The van der Waals surface area contributed by atoms with Crippen molar-refractivity contribution in [3.8, 4) is 0 Å². The van der Waals surface area contributed by atoms with Crippen molar-refractivity contribution in [3.63, 3.8) is 0 Å². The number of aromatic nitrogens is 2. The summed E-state index contributed by atoms with van der Waals surface area (Å²) in [6, 6.07) is 9.90. The highest BCUT2D eigenvalue weighted by atomic mass is 16.2. The molecule has 0 atom stereocenters. The summed E-state index contributed by atoms with van der Waals surface area (Å²) in [5.41, 5.74) is 3.53. The molecule has 1 aliphatic rings. The normalized spacial score (nSPS) is 13.4. The summed E-state index contributed by atoms with van der Waals surface area (Å²) in [7, 11) is 1.80. The highest BCUT2D eigenvalue weighted by Crippen LogP contribution is 2.20. The van der Waals surface area contributed by atoms with Gasteiger partial charge in [0.25, 0.3) is 5.56 Å². The van der Waals surface area contributed by atoms with Crippen molar-refractivity contribution < 1.29 is 4.79 Å².